The number of halogens is 2. The molecule has 0 atom stereocenters. The first-order valence-electron chi connectivity index (χ1n) is 11.3. The van der Waals surface area contributed by atoms with Gasteiger partial charge in [0.05, 0.1) is 30.8 Å². The summed E-state index contributed by atoms with van der Waals surface area (Å²) in [4.78, 5) is 21.4. The van der Waals surface area contributed by atoms with E-state index in [0.717, 1.165) is 31.2 Å². The van der Waals surface area contributed by atoms with Gasteiger partial charge in [-0.05, 0) is 44.7 Å². The summed E-state index contributed by atoms with van der Waals surface area (Å²) in [5, 5.41) is 4.10. The summed E-state index contributed by atoms with van der Waals surface area (Å²) in [6.45, 7) is 1.24. The fourth-order valence-corrected chi connectivity index (χ4v) is 4.66. The van der Waals surface area contributed by atoms with E-state index in [4.69, 9.17) is 9.47 Å². The molecule has 1 fully saturated rings. The van der Waals surface area contributed by atoms with E-state index in [0.29, 0.717) is 51.6 Å². The maximum absolute atomic E-state index is 13.1. The van der Waals surface area contributed by atoms with Crippen LogP contribution in [0.5, 0.6) is 5.88 Å². The van der Waals surface area contributed by atoms with Gasteiger partial charge in [0.15, 0.2) is 5.65 Å². The molecule has 0 radical (unpaired) electrons. The SMILES string of the molecule is COc1nc(NC2CCC(OC)CC2)nc2[nH]cc(-c3ccc4nc(C)n(CC(F)F)c4n3)c12. The number of aromatic amines is 1. The lowest BCUT2D eigenvalue weighted by Gasteiger charge is -2.28. The molecule has 5 rings (SSSR count). The van der Waals surface area contributed by atoms with Crippen LogP contribution in [0.4, 0.5) is 14.7 Å². The Morgan fingerprint density at radius 2 is 1.91 bits per heavy atom. The molecule has 4 aromatic heterocycles. The quantitative estimate of drug-likeness (QED) is 0.414. The number of hydrogen-bond acceptors (Lipinski definition) is 7. The largest absolute Gasteiger partial charge is 0.480 e. The Hall–Kier alpha value is -3.34. The van der Waals surface area contributed by atoms with Crippen molar-refractivity contribution in [1.82, 2.24) is 29.5 Å². The minimum absolute atomic E-state index is 0.269. The van der Waals surface area contributed by atoms with Crippen LogP contribution in [-0.4, -0.2) is 62.3 Å². The summed E-state index contributed by atoms with van der Waals surface area (Å²) in [7, 11) is 3.31. The average molecular weight is 472 g/mol. The molecule has 1 aliphatic carbocycles. The smallest absolute Gasteiger partial charge is 0.256 e. The third-order valence-corrected chi connectivity index (χ3v) is 6.41. The van der Waals surface area contributed by atoms with Gasteiger partial charge in [0.2, 0.25) is 11.8 Å². The van der Waals surface area contributed by atoms with Crippen molar-refractivity contribution in [2.24, 2.45) is 0 Å². The Kier molecular flexibility index (Phi) is 6.03. The van der Waals surface area contributed by atoms with Crippen molar-refractivity contribution in [3.8, 4) is 17.1 Å². The molecule has 4 aromatic rings. The van der Waals surface area contributed by atoms with E-state index in [9.17, 15) is 8.78 Å². The summed E-state index contributed by atoms with van der Waals surface area (Å²) < 4.78 is 38.7. The number of aromatic nitrogens is 6. The first-order chi connectivity index (χ1) is 16.5. The number of H-pyrrole nitrogens is 1. The molecule has 180 valence electrons. The van der Waals surface area contributed by atoms with E-state index in [2.05, 4.69) is 30.2 Å². The molecule has 0 saturated heterocycles. The zero-order valence-electron chi connectivity index (χ0n) is 19.3. The molecule has 0 unspecified atom stereocenters. The van der Waals surface area contributed by atoms with Crippen LogP contribution >= 0.6 is 0 Å². The van der Waals surface area contributed by atoms with Gasteiger partial charge in [-0.15, -0.1) is 0 Å². The van der Waals surface area contributed by atoms with E-state index in [1.807, 2.05) is 6.07 Å². The Morgan fingerprint density at radius 3 is 2.62 bits per heavy atom. The lowest BCUT2D eigenvalue weighted by Crippen LogP contribution is -2.29. The summed E-state index contributed by atoms with van der Waals surface area (Å²) in [6.07, 6.45) is 3.55. The zero-order valence-corrected chi connectivity index (χ0v) is 19.3. The van der Waals surface area contributed by atoms with Crippen LogP contribution in [0.2, 0.25) is 0 Å². The second kappa shape index (κ2) is 9.13. The van der Waals surface area contributed by atoms with Crippen LogP contribution < -0.4 is 10.1 Å². The fourth-order valence-electron chi connectivity index (χ4n) is 4.66. The highest BCUT2D eigenvalue weighted by Crippen LogP contribution is 2.35. The van der Waals surface area contributed by atoms with E-state index in [1.54, 1.807) is 33.4 Å². The Bertz CT molecular complexity index is 1310. The minimum Gasteiger partial charge on any atom is -0.480 e. The summed E-state index contributed by atoms with van der Waals surface area (Å²) >= 11 is 0. The number of pyridine rings is 1. The number of nitrogens with zero attached hydrogens (tertiary/aromatic N) is 5. The molecule has 0 spiro atoms. The van der Waals surface area contributed by atoms with Crippen LogP contribution in [0.25, 0.3) is 33.5 Å². The number of aryl methyl sites for hydroxylation is 1. The highest BCUT2D eigenvalue weighted by atomic mass is 19.3. The monoisotopic (exact) mass is 471 g/mol. The third kappa shape index (κ3) is 4.15. The van der Waals surface area contributed by atoms with Gasteiger partial charge >= 0.3 is 0 Å². The molecule has 11 heteroatoms. The number of rotatable bonds is 7. The van der Waals surface area contributed by atoms with Gasteiger partial charge in [-0.3, -0.25) is 0 Å². The number of anilines is 1. The van der Waals surface area contributed by atoms with E-state index in [1.165, 1.54) is 4.57 Å². The molecule has 4 heterocycles. The van der Waals surface area contributed by atoms with Crippen LogP contribution in [0.1, 0.15) is 31.5 Å². The van der Waals surface area contributed by atoms with Crippen molar-refractivity contribution >= 4 is 28.1 Å². The normalized spacial score (nSPS) is 18.8. The molecule has 0 aliphatic heterocycles. The number of ether oxygens (including phenoxy) is 2. The minimum atomic E-state index is -2.50. The van der Waals surface area contributed by atoms with Gasteiger partial charge in [0.1, 0.15) is 17.0 Å². The molecule has 1 aliphatic rings. The molecule has 1 saturated carbocycles. The van der Waals surface area contributed by atoms with Crippen LogP contribution in [-0.2, 0) is 11.3 Å². The molecule has 9 nitrogen and oxygen atoms in total. The van der Waals surface area contributed by atoms with Crippen molar-refractivity contribution < 1.29 is 18.3 Å². The number of methoxy groups -OCH3 is 2. The molecule has 2 N–H and O–H groups in total. The number of nitrogens with one attached hydrogen (secondary N) is 2. The second-order valence-corrected chi connectivity index (χ2v) is 8.54. The Balaban J connectivity index is 1.49. The molecule has 0 amide bonds. The summed E-state index contributed by atoms with van der Waals surface area (Å²) in [5.74, 6) is 1.40. The van der Waals surface area contributed by atoms with Gasteiger partial charge in [0.25, 0.3) is 6.43 Å². The van der Waals surface area contributed by atoms with Gasteiger partial charge in [-0.2, -0.15) is 9.97 Å². The number of alkyl halides is 2. The first kappa shape index (κ1) is 22.5. The van der Waals surface area contributed by atoms with E-state index >= 15 is 0 Å². The highest BCUT2D eigenvalue weighted by Gasteiger charge is 2.23. The third-order valence-electron chi connectivity index (χ3n) is 6.41. The van der Waals surface area contributed by atoms with Crippen LogP contribution in [0.15, 0.2) is 18.3 Å². The van der Waals surface area contributed by atoms with Crippen molar-refractivity contribution in [3.63, 3.8) is 0 Å². The Morgan fingerprint density at radius 1 is 1.12 bits per heavy atom. The molecule has 0 aromatic carbocycles. The van der Waals surface area contributed by atoms with Gasteiger partial charge in [0, 0.05) is 24.9 Å². The summed E-state index contributed by atoms with van der Waals surface area (Å²) in [6, 6.07) is 3.86. The topological polar surface area (TPSA) is 103 Å². The number of hydrogen-bond donors (Lipinski definition) is 2. The average Bonchev–Trinajstić information content (AvgIpc) is 3.39. The van der Waals surface area contributed by atoms with Gasteiger partial charge in [-0.25, -0.2) is 18.7 Å². The second-order valence-electron chi connectivity index (χ2n) is 8.54. The lowest BCUT2D eigenvalue weighted by atomic mass is 9.93. The van der Waals surface area contributed by atoms with Crippen molar-refractivity contribution in [2.45, 2.75) is 57.7 Å². The predicted octanol–water partition coefficient (Wildman–Crippen LogP) is 4.32. The lowest BCUT2D eigenvalue weighted by molar-refractivity contribution is 0.0681. The molecule has 34 heavy (non-hydrogen) atoms. The predicted molar refractivity (Wildman–Crippen MR) is 124 cm³/mol. The fraction of sp³-hybridized carbons (Fsp3) is 0.478. The number of imidazole rings is 1. The highest BCUT2D eigenvalue weighted by molar-refractivity contribution is 5.97. The first-order valence-corrected chi connectivity index (χ1v) is 11.3. The molecular weight excluding hydrogens is 444 g/mol. The van der Waals surface area contributed by atoms with Crippen LogP contribution in [0, 0.1) is 6.92 Å². The maximum Gasteiger partial charge on any atom is 0.256 e. The van der Waals surface area contributed by atoms with Crippen molar-refractivity contribution in [3.05, 3.63) is 24.2 Å². The van der Waals surface area contributed by atoms with E-state index in [-0.39, 0.29) is 6.04 Å². The van der Waals surface area contributed by atoms with Crippen molar-refractivity contribution in [2.75, 3.05) is 19.5 Å². The standard InChI is InChI=1S/C23H27F2N7O2/c1-12-27-17-9-8-16(29-21(17)32(12)11-18(24)25)15-10-26-20-19(15)22(34-3)31-23(30-20)28-13-4-6-14(33-2)7-5-13/h8-10,13-14,18H,4-7,11H2,1-3H3,(H2,26,28,30,31). The Labute approximate surface area is 194 Å². The zero-order chi connectivity index (χ0) is 23.8. The van der Waals surface area contributed by atoms with E-state index < -0.39 is 13.0 Å². The van der Waals surface area contributed by atoms with Crippen molar-refractivity contribution in [1.29, 1.82) is 0 Å². The molecule has 0 bridgehead atoms. The molecular formula is C23H27F2N7O2. The van der Waals surface area contributed by atoms with Crippen LogP contribution in [0.3, 0.4) is 0 Å². The summed E-state index contributed by atoms with van der Waals surface area (Å²) in [5.41, 5.74) is 2.90. The number of fused-ring (bicyclic) bond motifs is 2. The van der Waals surface area contributed by atoms with Gasteiger partial charge in [-0.1, -0.05) is 0 Å². The van der Waals surface area contributed by atoms with Gasteiger partial charge < -0.3 is 24.3 Å². The maximum atomic E-state index is 13.1.